The van der Waals surface area contributed by atoms with Gasteiger partial charge in [-0.2, -0.15) is 0 Å². The van der Waals surface area contributed by atoms with Crippen molar-refractivity contribution in [1.82, 2.24) is 5.32 Å². The van der Waals surface area contributed by atoms with E-state index in [0.717, 1.165) is 25.8 Å². The minimum Gasteiger partial charge on any atom is -0.356 e. The first kappa shape index (κ1) is 26.5. The Morgan fingerprint density at radius 3 is 1.22 bits per heavy atom. The average Bonchev–Trinajstić information content (AvgIpc) is 2.67. The van der Waals surface area contributed by atoms with E-state index in [9.17, 15) is 4.79 Å². The van der Waals surface area contributed by atoms with Gasteiger partial charge in [0, 0.05) is 13.0 Å². The normalized spacial score (nSPS) is 11.0. The van der Waals surface area contributed by atoms with Crippen LogP contribution in [-0.2, 0) is 4.79 Å². The lowest BCUT2D eigenvalue weighted by atomic mass is 10.1. The molecule has 0 unspecified atom stereocenters. The molecule has 0 aromatic carbocycles. The van der Waals surface area contributed by atoms with Crippen molar-refractivity contribution in [2.24, 2.45) is 0 Å². The fourth-order valence-corrected chi connectivity index (χ4v) is 3.70. The van der Waals surface area contributed by atoms with Crippen LogP contribution in [0.5, 0.6) is 0 Å². The van der Waals surface area contributed by atoms with Crippen molar-refractivity contribution in [1.29, 1.82) is 0 Å². The molecule has 0 rings (SSSR count). The highest BCUT2D eigenvalue weighted by Gasteiger charge is 2.00. The van der Waals surface area contributed by atoms with E-state index >= 15 is 0 Å². The number of carbonyl (C=O) groups excluding carboxylic acids is 1. The molecule has 0 aliphatic rings. The first-order chi connectivity index (χ1) is 13.3. The lowest BCUT2D eigenvalue weighted by Crippen LogP contribution is -2.23. The van der Waals surface area contributed by atoms with Crippen molar-refractivity contribution in [3.63, 3.8) is 0 Å². The fourth-order valence-electron chi connectivity index (χ4n) is 3.70. The molecular formula is C25H51NO. The van der Waals surface area contributed by atoms with Crippen molar-refractivity contribution in [3.05, 3.63) is 0 Å². The molecule has 2 nitrogen and oxygen atoms in total. The molecule has 0 aliphatic carbocycles. The Morgan fingerprint density at radius 1 is 0.481 bits per heavy atom. The predicted octanol–water partition coefficient (Wildman–Crippen LogP) is 8.33. The Balaban J connectivity index is 3.12. The van der Waals surface area contributed by atoms with Crippen LogP contribution in [-0.4, -0.2) is 12.5 Å². The quantitative estimate of drug-likeness (QED) is 0.188. The molecule has 0 bridgehead atoms. The Kier molecular flexibility index (Phi) is 23.0. The third-order valence-corrected chi connectivity index (χ3v) is 5.61. The van der Waals surface area contributed by atoms with Crippen molar-refractivity contribution in [2.45, 2.75) is 149 Å². The zero-order valence-electron chi connectivity index (χ0n) is 19.0. The van der Waals surface area contributed by atoms with Crippen LogP contribution in [0, 0.1) is 0 Å². The number of hydrogen-bond donors (Lipinski definition) is 1. The van der Waals surface area contributed by atoms with Crippen LogP contribution in [0.2, 0.25) is 0 Å². The van der Waals surface area contributed by atoms with Crippen molar-refractivity contribution < 1.29 is 4.79 Å². The van der Waals surface area contributed by atoms with Gasteiger partial charge in [0.05, 0.1) is 0 Å². The van der Waals surface area contributed by atoms with Crippen LogP contribution in [0.3, 0.4) is 0 Å². The first-order valence-electron chi connectivity index (χ1n) is 12.6. The van der Waals surface area contributed by atoms with Gasteiger partial charge in [0.2, 0.25) is 5.91 Å². The molecule has 1 amide bonds. The van der Waals surface area contributed by atoms with Gasteiger partial charge in [0.15, 0.2) is 0 Å². The van der Waals surface area contributed by atoms with E-state index in [2.05, 4.69) is 19.2 Å². The van der Waals surface area contributed by atoms with Gasteiger partial charge >= 0.3 is 0 Å². The molecule has 0 fully saturated rings. The van der Waals surface area contributed by atoms with Crippen LogP contribution < -0.4 is 5.32 Å². The van der Waals surface area contributed by atoms with Crippen molar-refractivity contribution in [2.75, 3.05) is 6.54 Å². The largest absolute Gasteiger partial charge is 0.356 e. The van der Waals surface area contributed by atoms with Gasteiger partial charge in [0.25, 0.3) is 0 Å². The molecule has 27 heavy (non-hydrogen) atoms. The molecule has 0 radical (unpaired) electrons. The maximum absolute atomic E-state index is 11.8. The van der Waals surface area contributed by atoms with E-state index in [1.165, 1.54) is 116 Å². The molecule has 1 N–H and O–H groups in total. The Hall–Kier alpha value is -0.530. The SMILES string of the molecule is CCCCCCCCCCCCCCNC(=O)CCCCCCCCCC. The molecule has 0 aromatic heterocycles. The minimum atomic E-state index is 0.268. The summed E-state index contributed by atoms with van der Waals surface area (Å²) in [6.07, 6.45) is 27.6. The van der Waals surface area contributed by atoms with E-state index < -0.39 is 0 Å². The summed E-state index contributed by atoms with van der Waals surface area (Å²) in [6, 6.07) is 0. The van der Waals surface area contributed by atoms with E-state index in [1.54, 1.807) is 0 Å². The minimum absolute atomic E-state index is 0.268. The molecule has 2 heteroatoms. The molecule has 0 aromatic rings. The number of carbonyl (C=O) groups is 1. The molecule has 162 valence electrons. The van der Waals surface area contributed by atoms with Gasteiger partial charge < -0.3 is 5.32 Å². The summed E-state index contributed by atoms with van der Waals surface area (Å²) in [4.78, 5) is 11.8. The lowest BCUT2D eigenvalue weighted by Gasteiger charge is -2.06. The molecule has 0 saturated heterocycles. The van der Waals surface area contributed by atoms with Crippen LogP contribution in [0.1, 0.15) is 149 Å². The third kappa shape index (κ3) is 23.4. The van der Waals surface area contributed by atoms with Crippen molar-refractivity contribution >= 4 is 5.91 Å². The van der Waals surface area contributed by atoms with Crippen LogP contribution in [0.15, 0.2) is 0 Å². The average molecular weight is 382 g/mol. The predicted molar refractivity (Wildman–Crippen MR) is 121 cm³/mol. The van der Waals surface area contributed by atoms with Gasteiger partial charge in [-0.25, -0.2) is 0 Å². The zero-order valence-corrected chi connectivity index (χ0v) is 19.0. The third-order valence-electron chi connectivity index (χ3n) is 5.61. The van der Waals surface area contributed by atoms with Crippen LogP contribution in [0.4, 0.5) is 0 Å². The van der Waals surface area contributed by atoms with Gasteiger partial charge in [-0.05, 0) is 12.8 Å². The van der Waals surface area contributed by atoms with Gasteiger partial charge in [-0.3, -0.25) is 4.79 Å². The maximum Gasteiger partial charge on any atom is 0.219 e. The molecule has 0 saturated carbocycles. The second-order valence-electron chi connectivity index (χ2n) is 8.46. The molecule has 0 spiro atoms. The number of rotatable bonds is 22. The summed E-state index contributed by atoms with van der Waals surface area (Å²) in [5.74, 6) is 0.268. The summed E-state index contributed by atoms with van der Waals surface area (Å²) in [5, 5.41) is 3.10. The van der Waals surface area contributed by atoms with Gasteiger partial charge in [-0.1, -0.05) is 129 Å². The van der Waals surface area contributed by atoms with Gasteiger partial charge in [0.1, 0.15) is 0 Å². The first-order valence-corrected chi connectivity index (χ1v) is 12.6. The summed E-state index contributed by atoms with van der Waals surface area (Å²) >= 11 is 0. The van der Waals surface area contributed by atoms with E-state index in [4.69, 9.17) is 0 Å². The maximum atomic E-state index is 11.8. The van der Waals surface area contributed by atoms with Crippen LogP contribution in [0.25, 0.3) is 0 Å². The summed E-state index contributed by atoms with van der Waals surface area (Å²) in [6.45, 7) is 5.42. The molecule has 0 atom stereocenters. The highest BCUT2D eigenvalue weighted by molar-refractivity contribution is 5.75. The molecule has 0 heterocycles. The highest BCUT2D eigenvalue weighted by Crippen LogP contribution is 2.12. The number of unbranched alkanes of at least 4 members (excludes halogenated alkanes) is 18. The van der Waals surface area contributed by atoms with E-state index in [-0.39, 0.29) is 5.91 Å². The standard InChI is InChI=1S/C25H51NO/c1-3-5-7-9-11-13-14-15-16-18-20-22-24-26-25(27)23-21-19-17-12-10-8-6-4-2/h3-24H2,1-2H3,(H,26,27). The molecule has 0 aliphatic heterocycles. The summed E-state index contributed by atoms with van der Waals surface area (Å²) in [7, 11) is 0. The Bertz CT molecular complexity index is 290. The Morgan fingerprint density at radius 2 is 0.815 bits per heavy atom. The second kappa shape index (κ2) is 23.5. The second-order valence-corrected chi connectivity index (χ2v) is 8.46. The summed E-state index contributed by atoms with van der Waals surface area (Å²) < 4.78 is 0. The summed E-state index contributed by atoms with van der Waals surface area (Å²) in [5.41, 5.74) is 0. The monoisotopic (exact) mass is 381 g/mol. The molecular weight excluding hydrogens is 330 g/mol. The topological polar surface area (TPSA) is 29.1 Å². The number of amides is 1. The fraction of sp³-hybridized carbons (Fsp3) is 0.960. The van der Waals surface area contributed by atoms with Crippen molar-refractivity contribution in [3.8, 4) is 0 Å². The smallest absolute Gasteiger partial charge is 0.219 e. The van der Waals surface area contributed by atoms with E-state index in [1.807, 2.05) is 0 Å². The van der Waals surface area contributed by atoms with Crippen LogP contribution >= 0.6 is 0 Å². The zero-order chi connectivity index (χ0) is 19.8. The Labute approximate surface area is 171 Å². The number of nitrogens with one attached hydrogen (secondary N) is 1. The lowest BCUT2D eigenvalue weighted by molar-refractivity contribution is -0.121. The van der Waals surface area contributed by atoms with E-state index in [0.29, 0.717) is 0 Å². The number of hydrogen-bond acceptors (Lipinski definition) is 1. The highest BCUT2D eigenvalue weighted by atomic mass is 16.1. The van der Waals surface area contributed by atoms with Gasteiger partial charge in [-0.15, -0.1) is 0 Å².